The first-order valence-electron chi connectivity index (χ1n) is 13.7. The van der Waals surface area contributed by atoms with Gasteiger partial charge in [0.25, 0.3) is 5.91 Å². The van der Waals surface area contributed by atoms with Crippen LogP contribution in [0.25, 0.3) is 11.1 Å². The second-order valence-corrected chi connectivity index (χ2v) is 9.76. The van der Waals surface area contributed by atoms with Crippen LogP contribution in [0.1, 0.15) is 48.0 Å². The van der Waals surface area contributed by atoms with E-state index in [4.69, 9.17) is 14.6 Å². The molecule has 1 amide bonds. The number of nitrogens with zero attached hydrogens (tertiary/aromatic N) is 3. The molecule has 0 radical (unpaired) electrons. The van der Waals surface area contributed by atoms with E-state index >= 15 is 0 Å². The number of amides is 1. The smallest absolute Gasteiger partial charge is 0.303 e. The number of ether oxygens (including phenoxy) is 2. The van der Waals surface area contributed by atoms with Crippen molar-refractivity contribution in [1.82, 2.24) is 20.0 Å². The minimum Gasteiger partial charge on any atom is -0.493 e. The van der Waals surface area contributed by atoms with E-state index in [1.54, 1.807) is 6.20 Å². The summed E-state index contributed by atoms with van der Waals surface area (Å²) in [5, 5.41) is 15.6. The molecule has 0 atom stereocenters. The van der Waals surface area contributed by atoms with Gasteiger partial charge in [0.05, 0.1) is 26.0 Å². The number of benzene rings is 2. The second kappa shape index (κ2) is 15.0. The predicted octanol–water partition coefficient (Wildman–Crippen LogP) is 4.47. The predicted molar refractivity (Wildman–Crippen MR) is 149 cm³/mol. The van der Waals surface area contributed by atoms with Crippen LogP contribution in [0.2, 0.25) is 0 Å². The molecule has 0 saturated carbocycles. The maximum absolute atomic E-state index is 13.7. The highest BCUT2D eigenvalue weighted by Gasteiger charge is 2.19. The van der Waals surface area contributed by atoms with E-state index in [2.05, 4.69) is 15.1 Å². The van der Waals surface area contributed by atoms with Crippen molar-refractivity contribution in [2.45, 2.75) is 38.6 Å². The molecule has 0 unspecified atom stereocenters. The number of rotatable bonds is 15. The van der Waals surface area contributed by atoms with Crippen LogP contribution in [0, 0.1) is 0 Å². The molecular weight excluding hydrogens is 496 g/mol. The standard InChI is InChI=1S/C30H38N4O5/c35-29(36)9-2-1-5-18-39-28-8-4-3-7-26(28)23-34(15-6-14-33-16-19-38-20-17-33)30(37)25-12-10-24(11-13-25)27-21-31-32-22-27/h3-4,7-8,10-13,21-22H,1-2,5-6,9,14-20,23H2,(H,31,32)(H,35,36). The van der Waals surface area contributed by atoms with Crippen LogP contribution in [-0.4, -0.2) is 83.0 Å². The van der Waals surface area contributed by atoms with Crippen molar-refractivity contribution in [3.05, 3.63) is 72.1 Å². The number of carbonyl (C=O) groups is 2. The van der Waals surface area contributed by atoms with Crippen LogP contribution < -0.4 is 4.74 Å². The summed E-state index contributed by atoms with van der Waals surface area (Å²) in [6.45, 7) is 5.86. The largest absolute Gasteiger partial charge is 0.493 e. The van der Waals surface area contributed by atoms with E-state index in [1.807, 2.05) is 59.6 Å². The number of hydrogen-bond acceptors (Lipinski definition) is 6. The lowest BCUT2D eigenvalue weighted by Gasteiger charge is -2.29. The molecule has 1 aliphatic rings. The molecule has 0 aliphatic carbocycles. The lowest BCUT2D eigenvalue weighted by atomic mass is 10.1. The van der Waals surface area contributed by atoms with Crippen molar-refractivity contribution in [2.75, 3.05) is 46.0 Å². The Kier molecular flexibility index (Phi) is 10.9. The molecule has 2 N–H and O–H groups in total. The van der Waals surface area contributed by atoms with Crippen LogP contribution in [0.5, 0.6) is 5.75 Å². The first-order chi connectivity index (χ1) is 19.1. The Morgan fingerprint density at radius 3 is 2.54 bits per heavy atom. The summed E-state index contributed by atoms with van der Waals surface area (Å²) >= 11 is 0. The lowest BCUT2D eigenvalue weighted by Crippen LogP contribution is -2.39. The number of carboxylic acids is 1. The Bertz CT molecular complexity index is 1160. The maximum atomic E-state index is 13.7. The number of carboxylic acid groups (broad SMARTS) is 1. The van der Waals surface area contributed by atoms with Crippen molar-refractivity contribution in [1.29, 1.82) is 0 Å². The molecule has 0 bridgehead atoms. The summed E-state index contributed by atoms with van der Waals surface area (Å²) in [4.78, 5) is 28.7. The highest BCUT2D eigenvalue weighted by molar-refractivity contribution is 5.94. The zero-order valence-electron chi connectivity index (χ0n) is 22.4. The molecule has 39 heavy (non-hydrogen) atoms. The van der Waals surface area contributed by atoms with Gasteiger partial charge in [0.1, 0.15) is 5.75 Å². The minimum atomic E-state index is -0.768. The molecule has 2 aromatic carbocycles. The fourth-order valence-corrected chi connectivity index (χ4v) is 4.68. The molecule has 9 heteroatoms. The Balaban J connectivity index is 1.41. The number of H-pyrrole nitrogens is 1. The van der Waals surface area contributed by atoms with Gasteiger partial charge >= 0.3 is 5.97 Å². The normalized spacial score (nSPS) is 13.7. The zero-order chi connectivity index (χ0) is 27.3. The monoisotopic (exact) mass is 534 g/mol. The first kappa shape index (κ1) is 28.3. The van der Waals surface area contributed by atoms with Gasteiger partial charge in [0.15, 0.2) is 0 Å². The van der Waals surface area contributed by atoms with Crippen molar-refractivity contribution in [3.63, 3.8) is 0 Å². The molecule has 1 aromatic heterocycles. The summed E-state index contributed by atoms with van der Waals surface area (Å²) in [7, 11) is 0. The summed E-state index contributed by atoms with van der Waals surface area (Å²) in [5.41, 5.74) is 3.58. The van der Waals surface area contributed by atoms with Crippen LogP contribution in [0.3, 0.4) is 0 Å². The molecular formula is C30H38N4O5. The number of hydrogen-bond donors (Lipinski definition) is 2. The zero-order valence-corrected chi connectivity index (χ0v) is 22.4. The maximum Gasteiger partial charge on any atom is 0.303 e. The van der Waals surface area contributed by atoms with E-state index in [0.29, 0.717) is 31.7 Å². The number of aromatic nitrogens is 2. The molecule has 208 valence electrons. The minimum absolute atomic E-state index is 0.0146. The number of unbranched alkanes of at least 4 members (excludes halogenated alkanes) is 2. The third-order valence-corrected chi connectivity index (χ3v) is 6.88. The summed E-state index contributed by atoms with van der Waals surface area (Å²) < 4.78 is 11.5. The number of morpholine rings is 1. The first-order valence-corrected chi connectivity index (χ1v) is 13.7. The van der Waals surface area contributed by atoms with Crippen molar-refractivity contribution in [2.24, 2.45) is 0 Å². The summed E-state index contributed by atoms with van der Waals surface area (Å²) in [6, 6.07) is 15.5. The summed E-state index contributed by atoms with van der Waals surface area (Å²) in [6.07, 6.45) is 6.87. The molecule has 0 spiro atoms. The number of aromatic amines is 1. The van der Waals surface area contributed by atoms with Crippen LogP contribution in [-0.2, 0) is 16.1 Å². The van der Waals surface area contributed by atoms with Gasteiger partial charge in [-0.2, -0.15) is 5.10 Å². The molecule has 1 aliphatic heterocycles. The third-order valence-electron chi connectivity index (χ3n) is 6.88. The molecule has 4 rings (SSSR count). The quantitative estimate of drug-likeness (QED) is 0.277. The van der Waals surface area contributed by atoms with Crippen molar-refractivity contribution >= 4 is 11.9 Å². The molecule has 1 fully saturated rings. The van der Waals surface area contributed by atoms with E-state index in [-0.39, 0.29) is 12.3 Å². The average molecular weight is 535 g/mol. The number of nitrogens with one attached hydrogen (secondary N) is 1. The third kappa shape index (κ3) is 8.94. The van der Waals surface area contributed by atoms with Gasteiger partial charge in [0.2, 0.25) is 0 Å². The van der Waals surface area contributed by atoms with Crippen LogP contribution in [0.15, 0.2) is 60.9 Å². The van der Waals surface area contributed by atoms with Crippen LogP contribution in [0.4, 0.5) is 0 Å². The van der Waals surface area contributed by atoms with Gasteiger partial charge in [-0.15, -0.1) is 0 Å². The summed E-state index contributed by atoms with van der Waals surface area (Å²) in [5.74, 6) is -0.0213. The Labute approximate surface area is 229 Å². The molecule has 3 aromatic rings. The number of para-hydroxylation sites is 1. The van der Waals surface area contributed by atoms with Gasteiger partial charge in [-0.1, -0.05) is 30.3 Å². The highest BCUT2D eigenvalue weighted by Crippen LogP contribution is 2.23. The lowest BCUT2D eigenvalue weighted by molar-refractivity contribution is -0.137. The Hall–Kier alpha value is -3.69. The Morgan fingerprint density at radius 1 is 1.00 bits per heavy atom. The Morgan fingerprint density at radius 2 is 1.79 bits per heavy atom. The van der Waals surface area contributed by atoms with Crippen molar-refractivity contribution < 1.29 is 24.2 Å². The van der Waals surface area contributed by atoms with Gasteiger partial charge in [0, 0.05) is 62.0 Å². The topological polar surface area (TPSA) is 108 Å². The van der Waals surface area contributed by atoms with Crippen LogP contribution >= 0.6 is 0 Å². The molecule has 2 heterocycles. The molecule has 9 nitrogen and oxygen atoms in total. The fourth-order valence-electron chi connectivity index (χ4n) is 4.68. The van der Waals surface area contributed by atoms with E-state index in [0.717, 1.165) is 74.6 Å². The highest BCUT2D eigenvalue weighted by atomic mass is 16.5. The number of aliphatic carboxylic acids is 1. The average Bonchev–Trinajstić information content (AvgIpc) is 3.50. The molecule has 1 saturated heterocycles. The van der Waals surface area contributed by atoms with E-state index in [9.17, 15) is 9.59 Å². The number of carbonyl (C=O) groups excluding carboxylic acids is 1. The van der Waals surface area contributed by atoms with E-state index < -0.39 is 5.97 Å². The van der Waals surface area contributed by atoms with E-state index in [1.165, 1.54) is 0 Å². The van der Waals surface area contributed by atoms with Gasteiger partial charge in [-0.3, -0.25) is 19.6 Å². The SMILES string of the molecule is O=C(O)CCCCCOc1ccccc1CN(CCCN1CCOCC1)C(=O)c1ccc(-c2cn[nH]c2)cc1. The second-order valence-electron chi connectivity index (χ2n) is 9.76. The van der Waals surface area contributed by atoms with Gasteiger partial charge < -0.3 is 19.5 Å². The van der Waals surface area contributed by atoms with Gasteiger partial charge in [-0.25, -0.2) is 0 Å². The fraction of sp³-hybridized carbons (Fsp3) is 0.433. The van der Waals surface area contributed by atoms with Crippen molar-refractivity contribution in [3.8, 4) is 16.9 Å². The van der Waals surface area contributed by atoms with Gasteiger partial charge in [-0.05, 0) is 49.4 Å².